The van der Waals surface area contributed by atoms with Gasteiger partial charge >= 0.3 is 0 Å². The predicted octanol–water partition coefficient (Wildman–Crippen LogP) is 39.5. The Morgan fingerprint density at radius 1 is 0.197 bits per heavy atom. The summed E-state index contributed by atoms with van der Waals surface area (Å²) in [4.78, 5) is 0. The molecule has 0 bridgehead atoms. The molecule has 0 heterocycles. The van der Waals surface area contributed by atoms with E-state index in [0.717, 1.165) is 10.8 Å². The average molecular weight is 1620 g/mol. The molecule has 0 aromatic rings. The molecule has 0 aromatic carbocycles. The van der Waals surface area contributed by atoms with Crippen molar-refractivity contribution in [1.29, 1.82) is 0 Å². The van der Waals surface area contributed by atoms with Crippen LogP contribution >= 0.6 is 0 Å². The molecule has 11 aliphatic rings. The summed E-state index contributed by atoms with van der Waals surface area (Å²) in [7, 11) is 0. The number of hydrogen-bond donors (Lipinski definition) is 0. The maximum atomic E-state index is 2.52. The standard InChI is InChI=1S/2C19H36.C17H32.C16H30.C13H24.C11H16.C11H18.C11H20/c1-13-14(2)19(15(3,4)5,16(6,7)8)18(11,12)17(13,9)10;1-13-14(2)18(11,12)19(15(3,4)5,16(6,7)8)17(13,9)10;1-9-16(10-2)13(5)14(6)17(11-3,12-4)15(16,7)8;1-9-15(8)12(4)13(5)16(10-2,11-3)14(15,6)7;1-9-10(2)12(5,6)13(7,8)11(9,3)4;1-8-9(2)11(5-6-11)7-10(8)3-4-10;1-8-9(2)11(5-6-11)7-10(8,3)4;1-8-9(2)11(5,6)7-10(8,3)4/h2*1-12H3;9-12H2,1-8H3;9-11H2,1-8H3;1-8H3;3-7H2,1-2H3;5-7H2,1-4H3;7H2,1-6H3. The van der Waals surface area contributed by atoms with Gasteiger partial charge in [0.05, 0.1) is 0 Å². The molecular formula is C117H212. The van der Waals surface area contributed by atoms with Crippen LogP contribution < -0.4 is 0 Å². The Balaban J connectivity index is 0.000000283. The lowest BCUT2D eigenvalue weighted by atomic mass is 9.38. The van der Waals surface area contributed by atoms with Gasteiger partial charge in [0.2, 0.25) is 0 Å². The number of allylic oxidation sites excluding steroid dienone is 16. The van der Waals surface area contributed by atoms with Gasteiger partial charge in [0.25, 0.3) is 0 Å². The van der Waals surface area contributed by atoms with E-state index in [0.29, 0.717) is 70.4 Å². The summed E-state index contributed by atoms with van der Waals surface area (Å²) in [5.74, 6) is 0. The lowest BCUT2D eigenvalue weighted by molar-refractivity contribution is -0.166. The molecule has 3 saturated carbocycles. The highest BCUT2D eigenvalue weighted by molar-refractivity contribution is 5.46. The third kappa shape index (κ3) is 15.2. The van der Waals surface area contributed by atoms with Gasteiger partial charge in [-0.3, -0.25) is 0 Å². The Morgan fingerprint density at radius 3 is 0.547 bits per heavy atom. The minimum atomic E-state index is 0.209. The van der Waals surface area contributed by atoms with E-state index in [2.05, 4.69) is 415 Å². The minimum Gasteiger partial charge on any atom is -0.0682 e. The van der Waals surface area contributed by atoms with Crippen LogP contribution in [0.15, 0.2) is 89.2 Å². The van der Waals surface area contributed by atoms with Crippen molar-refractivity contribution in [2.45, 2.75) is 518 Å². The molecule has 3 fully saturated rings. The fraction of sp³-hybridized carbons (Fsp3) is 0.863. The summed E-state index contributed by atoms with van der Waals surface area (Å²) in [6.07, 6.45) is 22.1. The Labute approximate surface area is 738 Å². The summed E-state index contributed by atoms with van der Waals surface area (Å²) in [6.45, 7) is 144. The van der Waals surface area contributed by atoms with E-state index in [1.54, 1.807) is 89.2 Å². The first-order chi connectivity index (χ1) is 51.7. The molecule has 0 saturated heterocycles. The molecule has 1 unspecified atom stereocenters. The summed E-state index contributed by atoms with van der Waals surface area (Å²) < 4.78 is 0. The molecular weight excluding hydrogens is 1410 g/mol. The zero-order valence-electron chi connectivity index (χ0n) is 91.8. The van der Waals surface area contributed by atoms with E-state index in [1.807, 2.05) is 0 Å². The van der Waals surface area contributed by atoms with Crippen molar-refractivity contribution >= 4 is 0 Å². The normalized spacial score (nSPS) is 28.7. The molecule has 0 heteroatoms. The smallest absolute Gasteiger partial charge is 0.00680 e. The van der Waals surface area contributed by atoms with Crippen molar-refractivity contribution in [1.82, 2.24) is 0 Å². The van der Waals surface area contributed by atoms with Gasteiger partial charge in [-0.1, -0.05) is 394 Å². The molecule has 0 aromatic heterocycles. The molecule has 0 aliphatic heterocycles. The zero-order chi connectivity index (χ0) is 93.1. The molecule has 117 heavy (non-hydrogen) atoms. The van der Waals surface area contributed by atoms with Crippen molar-refractivity contribution in [2.24, 2.45) is 135 Å². The fourth-order valence-corrected chi connectivity index (χ4v) is 34.4. The van der Waals surface area contributed by atoms with Crippen LogP contribution in [0.5, 0.6) is 0 Å². The molecule has 680 valence electrons. The Kier molecular flexibility index (Phi) is 29.7. The first-order valence-electron chi connectivity index (χ1n) is 49.2. The second-order valence-electron chi connectivity index (χ2n) is 53.7. The van der Waals surface area contributed by atoms with E-state index in [9.17, 15) is 0 Å². The van der Waals surface area contributed by atoms with Gasteiger partial charge < -0.3 is 0 Å². The van der Waals surface area contributed by atoms with E-state index in [1.165, 1.54) is 103 Å². The topological polar surface area (TPSA) is 0 Å². The van der Waals surface area contributed by atoms with Crippen molar-refractivity contribution < 1.29 is 0 Å². The zero-order valence-corrected chi connectivity index (χ0v) is 91.8. The van der Waals surface area contributed by atoms with E-state index >= 15 is 0 Å². The molecule has 1 atom stereocenters. The van der Waals surface area contributed by atoms with Crippen LogP contribution in [0.3, 0.4) is 0 Å². The van der Waals surface area contributed by atoms with Crippen LogP contribution in [0.1, 0.15) is 518 Å². The van der Waals surface area contributed by atoms with Crippen LogP contribution in [0, 0.1) is 135 Å². The summed E-state index contributed by atoms with van der Waals surface area (Å²) >= 11 is 0. The largest absolute Gasteiger partial charge is 0.0682 e. The summed E-state index contributed by atoms with van der Waals surface area (Å²) in [5.41, 5.74) is 35.8. The second-order valence-corrected chi connectivity index (χ2v) is 53.7. The Morgan fingerprint density at radius 2 is 0.419 bits per heavy atom. The highest BCUT2D eigenvalue weighted by atomic mass is 14.8. The van der Waals surface area contributed by atoms with Gasteiger partial charge in [0, 0.05) is 5.41 Å². The summed E-state index contributed by atoms with van der Waals surface area (Å²) in [5, 5.41) is 0. The maximum Gasteiger partial charge on any atom is 0.00680 e. The highest BCUT2D eigenvalue weighted by Gasteiger charge is 2.72. The van der Waals surface area contributed by atoms with E-state index in [4.69, 9.17) is 0 Å². The van der Waals surface area contributed by atoms with Crippen LogP contribution in [0.25, 0.3) is 0 Å². The summed E-state index contributed by atoms with van der Waals surface area (Å²) in [6, 6.07) is 0. The number of hydrogen-bond acceptors (Lipinski definition) is 0. The molecule has 0 nitrogen and oxygen atoms in total. The molecule has 3 spiro atoms. The van der Waals surface area contributed by atoms with Crippen LogP contribution in [0.4, 0.5) is 0 Å². The molecule has 11 rings (SSSR count). The monoisotopic (exact) mass is 1620 g/mol. The Hall–Kier alpha value is -2.08. The van der Waals surface area contributed by atoms with E-state index in [-0.39, 0.29) is 54.1 Å². The predicted molar refractivity (Wildman–Crippen MR) is 531 cm³/mol. The average Bonchev–Trinajstić information content (AvgIpc) is 1.37. The quantitative estimate of drug-likeness (QED) is 0.223. The van der Waals surface area contributed by atoms with Gasteiger partial charge in [-0.25, -0.2) is 0 Å². The van der Waals surface area contributed by atoms with E-state index < -0.39 is 0 Å². The first-order valence-corrected chi connectivity index (χ1v) is 49.2. The fourth-order valence-electron chi connectivity index (χ4n) is 34.4. The van der Waals surface area contributed by atoms with Crippen molar-refractivity contribution in [3.8, 4) is 0 Å². The molecule has 0 radical (unpaired) electrons. The van der Waals surface area contributed by atoms with Crippen LogP contribution in [0.2, 0.25) is 0 Å². The lowest BCUT2D eigenvalue weighted by Gasteiger charge is -2.66. The van der Waals surface area contributed by atoms with Gasteiger partial charge in [0.15, 0.2) is 0 Å². The third-order valence-corrected chi connectivity index (χ3v) is 44.4. The lowest BCUT2D eigenvalue weighted by Crippen LogP contribution is -2.60. The minimum absolute atomic E-state index is 0.209. The van der Waals surface area contributed by atoms with Gasteiger partial charge in [0.1, 0.15) is 0 Å². The highest BCUT2D eigenvalue weighted by Crippen LogP contribution is 2.80. The van der Waals surface area contributed by atoms with Crippen LogP contribution in [-0.4, -0.2) is 0 Å². The molecule has 11 aliphatic carbocycles. The Bertz CT molecular complexity index is 3600. The van der Waals surface area contributed by atoms with Crippen molar-refractivity contribution in [3.63, 3.8) is 0 Å². The first kappa shape index (κ1) is 107. The molecule has 0 amide bonds. The SMILES string of the molecule is CC1=C(C)C(C(C)(C)C)(C(C)(C)C)C(C)(C)C1(C)C.CC1=C(C)C(C)(C)C(C(C)(C)C)(C(C)(C)C)C1(C)C.CC1=C(C)C(C)(C)C(C)(C)C1(C)C.CC1=C(C)C(C)(C)CC1(C)C.CC1=C(C)C2(CC2)CC1(C)C.CC1=C(C)C2(CC2)CC12CC2.CCC1(C)C(C)=C(C)C(CC)(CC)C1(C)C.CCC1(CC)C(C)=C(C)C(CC)(CC)C1(C)C. The second kappa shape index (κ2) is 32.3. The van der Waals surface area contributed by atoms with Gasteiger partial charge in [-0.05, 0) is 343 Å². The molecule has 0 N–H and O–H groups in total. The van der Waals surface area contributed by atoms with Gasteiger partial charge in [-0.15, -0.1) is 0 Å². The third-order valence-electron chi connectivity index (χ3n) is 44.4. The van der Waals surface area contributed by atoms with Crippen LogP contribution in [-0.2, 0) is 0 Å². The maximum absolute atomic E-state index is 2.52. The van der Waals surface area contributed by atoms with Crippen molar-refractivity contribution in [3.05, 3.63) is 89.2 Å². The number of rotatable bonds is 7. The van der Waals surface area contributed by atoms with Crippen molar-refractivity contribution in [2.75, 3.05) is 0 Å². The van der Waals surface area contributed by atoms with Gasteiger partial charge in [-0.2, -0.15) is 0 Å².